The van der Waals surface area contributed by atoms with Crippen molar-refractivity contribution in [2.75, 3.05) is 4.90 Å². The number of nitriles is 1. The van der Waals surface area contributed by atoms with Crippen molar-refractivity contribution in [3.63, 3.8) is 0 Å². The molecule has 0 spiro atoms. The lowest BCUT2D eigenvalue weighted by molar-refractivity contribution is -0.209. The van der Waals surface area contributed by atoms with Crippen LogP contribution in [0.15, 0.2) is 18.2 Å². The molecule has 3 atom stereocenters. The van der Waals surface area contributed by atoms with Crippen LogP contribution in [0.1, 0.15) is 30.9 Å². The van der Waals surface area contributed by atoms with Gasteiger partial charge in [-0.15, -0.1) is 0 Å². The van der Waals surface area contributed by atoms with Gasteiger partial charge in [0, 0.05) is 11.7 Å². The van der Waals surface area contributed by atoms with Crippen LogP contribution in [0.2, 0.25) is 0 Å². The van der Waals surface area contributed by atoms with Crippen LogP contribution in [0.25, 0.3) is 0 Å². The van der Waals surface area contributed by atoms with Gasteiger partial charge in [0.05, 0.1) is 23.2 Å². The molecule has 1 saturated heterocycles. The molecule has 1 aromatic carbocycles. The fourth-order valence-electron chi connectivity index (χ4n) is 3.02. The Balaban J connectivity index is 2.47. The van der Waals surface area contributed by atoms with Crippen molar-refractivity contribution in [3.8, 4) is 6.07 Å². The standard InChI is InChI=1S/C15H14F6N2O/c1-8-2-5-12(13(24)15(19,20)21)23(8)10-4-3-9(7-22)11(6-10)14(16,17)18/h3-4,6,8,12-13,24H,2,5H2,1H3/t8?,12-,13?/m1/s1. The molecule has 1 aromatic rings. The smallest absolute Gasteiger partial charge is 0.382 e. The number of aliphatic hydroxyl groups is 1. The molecule has 132 valence electrons. The van der Waals surface area contributed by atoms with Gasteiger partial charge in [-0.25, -0.2) is 0 Å². The molecule has 0 aromatic heterocycles. The number of aliphatic hydroxyl groups excluding tert-OH is 1. The van der Waals surface area contributed by atoms with E-state index in [4.69, 9.17) is 5.26 Å². The van der Waals surface area contributed by atoms with Crippen LogP contribution in [0.4, 0.5) is 32.0 Å². The molecule has 2 rings (SSSR count). The van der Waals surface area contributed by atoms with Crippen LogP contribution < -0.4 is 4.90 Å². The van der Waals surface area contributed by atoms with Crippen LogP contribution >= 0.6 is 0 Å². The van der Waals surface area contributed by atoms with E-state index < -0.39 is 41.7 Å². The summed E-state index contributed by atoms with van der Waals surface area (Å²) in [4.78, 5) is 1.15. The Kier molecular flexibility index (Phi) is 4.72. The minimum Gasteiger partial charge on any atom is -0.382 e. The van der Waals surface area contributed by atoms with E-state index in [0.29, 0.717) is 12.5 Å². The lowest BCUT2D eigenvalue weighted by Crippen LogP contribution is -2.48. The van der Waals surface area contributed by atoms with E-state index in [0.717, 1.165) is 11.0 Å². The number of nitrogens with zero attached hydrogens (tertiary/aromatic N) is 2. The van der Waals surface area contributed by atoms with E-state index in [-0.39, 0.29) is 12.1 Å². The van der Waals surface area contributed by atoms with Gasteiger partial charge in [0.25, 0.3) is 0 Å². The molecule has 3 nitrogen and oxygen atoms in total. The first kappa shape index (κ1) is 18.4. The molecule has 1 fully saturated rings. The summed E-state index contributed by atoms with van der Waals surface area (Å²) in [5, 5.41) is 18.3. The highest BCUT2D eigenvalue weighted by molar-refractivity contribution is 5.57. The maximum absolute atomic E-state index is 13.0. The zero-order valence-corrected chi connectivity index (χ0v) is 12.5. The Bertz CT molecular complexity index is 649. The van der Waals surface area contributed by atoms with Crippen molar-refractivity contribution in [2.24, 2.45) is 0 Å². The first-order chi connectivity index (χ1) is 11.0. The van der Waals surface area contributed by atoms with E-state index in [1.165, 1.54) is 12.1 Å². The Morgan fingerprint density at radius 3 is 2.33 bits per heavy atom. The van der Waals surface area contributed by atoms with Gasteiger partial charge in [-0.3, -0.25) is 0 Å². The van der Waals surface area contributed by atoms with Gasteiger partial charge in [-0.2, -0.15) is 31.6 Å². The van der Waals surface area contributed by atoms with Crippen molar-refractivity contribution < 1.29 is 31.4 Å². The third-order valence-electron chi connectivity index (χ3n) is 4.14. The summed E-state index contributed by atoms with van der Waals surface area (Å²) in [5.41, 5.74) is -1.91. The van der Waals surface area contributed by atoms with E-state index in [2.05, 4.69) is 0 Å². The van der Waals surface area contributed by atoms with Crippen molar-refractivity contribution in [1.82, 2.24) is 0 Å². The molecule has 0 amide bonds. The van der Waals surface area contributed by atoms with Crippen molar-refractivity contribution in [2.45, 2.75) is 50.3 Å². The maximum atomic E-state index is 13.0. The van der Waals surface area contributed by atoms with Gasteiger partial charge >= 0.3 is 12.4 Å². The second-order valence-corrected chi connectivity index (χ2v) is 5.73. The van der Waals surface area contributed by atoms with Gasteiger partial charge in [-0.1, -0.05) is 0 Å². The SMILES string of the molecule is CC1CC[C@H](C(O)C(F)(F)F)N1c1ccc(C#N)c(C(F)(F)F)c1. The van der Waals surface area contributed by atoms with Gasteiger partial charge in [-0.05, 0) is 38.0 Å². The maximum Gasteiger partial charge on any atom is 0.417 e. The van der Waals surface area contributed by atoms with E-state index in [1.54, 1.807) is 6.92 Å². The van der Waals surface area contributed by atoms with Crippen LogP contribution in [-0.4, -0.2) is 29.5 Å². The van der Waals surface area contributed by atoms with E-state index >= 15 is 0 Å². The first-order valence-electron chi connectivity index (χ1n) is 7.11. The normalized spacial score (nSPS) is 23.2. The fraction of sp³-hybridized carbons (Fsp3) is 0.533. The second-order valence-electron chi connectivity index (χ2n) is 5.73. The molecule has 0 saturated carbocycles. The average molecular weight is 352 g/mol. The number of hydrogen-bond acceptors (Lipinski definition) is 3. The van der Waals surface area contributed by atoms with Gasteiger partial charge in [0.2, 0.25) is 0 Å². The molecule has 24 heavy (non-hydrogen) atoms. The first-order valence-corrected chi connectivity index (χ1v) is 7.11. The molecule has 0 radical (unpaired) electrons. The summed E-state index contributed by atoms with van der Waals surface area (Å²) < 4.78 is 77.6. The molecule has 9 heteroatoms. The minimum absolute atomic E-state index is 0.00317. The number of halogens is 6. The Hall–Kier alpha value is -1.95. The highest BCUT2D eigenvalue weighted by atomic mass is 19.4. The third-order valence-corrected chi connectivity index (χ3v) is 4.14. The summed E-state index contributed by atoms with van der Waals surface area (Å²) in [6.07, 6.45) is -12.0. The predicted molar refractivity (Wildman–Crippen MR) is 73.2 cm³/mol. The number of rotatable bonds is 2. The molecule has 1 N–H and O–H groups in total. The molecule has 1 aliphatic rings. The quantitative estimate of drug-likeness (QED) is 0.823. The zero-order chi connectivity index (χ0) is 18.3. The minimum atomic E-state index is -4.87. The van der Waals surface area contributed by atoms with Gasteiger partial charge < -0.3 is 10.0 Å². The lowest BCUT2D eigenvalue weighted by atomic mass is 10.0. The topological polar surface area (TPSA) is 47.3 Å². The monoisotopic (exact) mass is 352 g/mol. The van der Waals surface area contributed by atoms with E-state index in [1.807, 2.05) is 0 Å². The fourth-order valence-corrected chi connectivity index (χ4v) is 3.02. The molecule has 1 aliphatic heterocycles. The van der Waals surface area contributed by atoms with Crippen molar-refractivity contribution in [3.05, 3.63) is 29.3 Å². The summed E-state index contributed by atoms with van der Waals surface area (Å²) in [6.45, 7) is 1.58. The molecule has 1 heterocycles. The summed E-state index contributed by atoms with van der Waals surface area (Å²) in [7, 11) is 0. The van der Waals surface area contributed by atoms with Crippen molar-refractivity contribution >= 4 is 5.69 Å². The molecule has 0 bridgehead atoms. The Morgan fingerprint density at radius 1 is 1.21 bits per heavy atom. The molecule has 2 unspecified atom stereocenters. The van der Waals surface area contributed by atoms with Crippen molar-refractivity contribution in [1.29, 1.82) is 5.26 Å². The number of anilines is 1. The number of hydrogen-bond donors (Lipinski definition) is 1. The largest absolute Gasteiger partial charge is 0.417 e. The molecular formula is C15H14F6N2O. The average Bonchev–Trinajstić information content (AvgIpc) is 2.85. The van der Waals surface area contributed by atoms with Crippen LogP contribution in [0.5, 0.6) is 0 Å². The van der Waals surface area contributed by atoms with Crippen LogP contribution in [0, 0.1) is 11.3 Å². The highest BCUT2D eigenvalue weighted by Gasteiger charge is 2.49. The van der Waals surface area contributed by atoms with Crippen LogP contribution in [-0.2, 0) is 6.18 Å². The lowest BCUT2D eigenvalue weighted by Gasteiger charge is -2.34. The summed E-state index contributed by atoms with van der Waals surface area (Å²) >= 11 is 0. The molecular weight excluding hydrogens is 338 g/mol. The Morgan fingerprint density at radius 2 is 1.83 bits per heavy atom. The number of benzene rings is 1. The second kappa shape index (κ2) is 6.16. The third kappa shape index (κ3) is 3.43. The van der Waals surface area contributed by atoms with Gasteiger partial charge in [0.1, 0.15) is 0 Å². The van der Waals surface area contributed by atoms with E-state index in [9.17, 15) is 31.4 Å². The molecule has 0 aliphatic carbocycles. The number of alkyl halides is 6. The predicted octanol–water partition coefficient (Wildman–Crippen LogP) is 3.86. The zero-order valence-electron chi connectivity index (χ0n) is 12.5. The highest BCUT2D eigenvalue weighted by Crippen LogP contribution is 2.40. The summed E-state index contributed by atoms with van der Waals surface area (Å²) in [6, 6.07) is 2.35. The van der Waals surface area contributed by atoms with Crippen LogP contribution in [0.3, 0.4) is 0 Å². The van der Waals surface area contributed by atoms with Gasteiger partial charge in [0.15, 0.2) is 6.10 Å². The Labute approximate surface area is 134 Å². The summed E-state index contributed by atoms with van der Waals surface area (Å²) in [5.74, 6) is 0.